The van der Waals surface area contributed by atoms with Crippen LogP contribution in [-0.4, -0.2) is 43.2 Å². The third-order valence-electron chi connectivity index (χ3n) is 4.66. The monoisotopic (exact) mass is 422 g/mol. The number of nitrogens with zero attached hydrogens (tertiary/aromatic N) is 2. The quantitative estimate of drug-likeness (QED) is 0.637. The van der Waals surface area contributed by atoms with Crippen LogP contribution in [-0.2, 0) is 21.4 Å². The minimum absolute atomic E-state index is 0.0415. The Bertz CT molecular complexity index is 939. The maximum absolute atomic E-state index is 12.8. The van der Waals surface area contributed by atoms with Crippen molar-refractivity contribution >= 4 is 27.4 Å². The molecular weight excluding hydrogens is 400 g/mol. The lowest BCUT2D eigenvalue weighted by molar-refractivity contribution is 0.0721. The summed E-state index contributed by atoms with van der Waals surface area (Å²) in [6, 6.07) is 8.06. The third kappa shape index (κ3) is 4.97. The number of halogens is 1. The summed E-state index contributed by atoms with van der Waals surface area (Å²) in [7, 11) is -3.55. The highest BCUT2D eigenvalue weighted by Crippen LogP contribution is 2.25. The van der Waals surface area contributed by atoms with E-state index in [9.17, 15) is 13.2 Å². The van der Waals surface area contributed by atoms with E-state index in [1.807, 2.05) is 13.0 Å². The second-order valence-corrected chi connectivity index (χ2v) is 9.20. The van der Waals surface area contributed by atoms with Gasteiger partial charge in [0.05, 0.1) is 11.5 Å². The van der Waals surface area contributed by atoms with Crippen LogP contribution in [0.2, 0.25) is 5.02 Å². The molecule has 3 rings (SSSR count). The number of hydrogen-bond acceptors (Lipinski definition) is 5. The van der Waals surface area contributed by atoms with E-state index >= 15 is 0 Å². The van der Waals surface area contributed by atoms with Gasteiger partial charge in [-0.25, -0.2) is 8.42 Å². The minimum Gasteiger partial charge on any atom is -0.368 e. The van der Waals surface area contributed by atoms with Crippen molar-refractivity contribution in [2.75, 3.05) is 19.7 Å². The summed E-state index contributed by atoms with van der Waals surface area (Å²) < 4.78 is 32.6. The van der Waals surface area contributed by atoms with E-state index in [4.69, 9.17) is 16.3 Å². The molecule has 1 aliphatic rings. The number of aryl methyl sites for hydroxylation is 1. The Morgan fingerprint density at radius 3 is 2.61 bits per heavy atom. The van der Waals surface area contributed by atoms with Gasteiger partial charge in [-0.15, -0.1) is 0 Å². The first-order chi connectivity index (χ1) is 13.4. The largest absolute Gasteiger partial charge is 0.368 e. The molecule has 8 heteroatoms. The summed E-state index contributed by atoms with van der Waals surface area (Å²) in [5.74, 6) is -0.242. The van der Waals surface area contributed by atoms with E-state index in [0.29, 0.717) is 29.4 Å². The molecule has 1 aliphatic heterocycles. The van der Waals surface area contributed by atoms with E-state index < -0.39 is 10.0 Å². The molecule has 0 amide bonds. The van der Waals surface area contributed by atoms with Gasteiger partial charge in [-0.2, -0.15) is 4.31 Å². The SMILES string of the molecule is Cc1ccc(C(=O)COCc2cc(S(=O)(=O)N3CCCCC3)ccc2Cl)nc1. The number of ether oxygens (including phenoxy) is 1. The molecule has 0 aliphatic carbocycles. The van der Waals surface area contributed by atoms with Gasteiger partial charge in [0.1, 0.15) is 12.3 Å². The van der Waals surface area contributed by atoms with Crippen molar-refractivity contribution in [3.63, 3.8) is 0 Å². The average Bonchev–Trinajstić information content (AvgIpc) is 2.70. The van der Waals surface area contributed by atoms with Crippen molar-refractivity contribution in [1.82, 2.24) is 9.29 Å². The first-order valence-corrected chi connectivity index (χ1v) is 11.0. The van der Waals surface area contributed by atoms with E-state index in [2.05, 4.69) is 4.98 Å². The van der Waals surface area contributed by atoms with Gasteiger partial charge < -0.3 is 4.74 Å². The number of carbonyl (C=O) groups excluding carboxylic acids is 1. The number of hydrogen-bond donors (Lipinski definition) is 0. The number of rotatable bonds is 7. The van der Waals surface area contributed by atoms with Crippen LogP contribution in [0.4, 0.5) is 0 Å². The lowest BCUT2D eigenvalue weighted by Crippen LogP contribution is -2.35. The molecule has 1 saturated heterocycles. The van der Waals surface area contributed by atoms with Gasteiger partial charge in [0.2, 0.25) is 15.8 Å². The van der Waals surface area contributed by atoms with Crippen molar-refractivity contribution in [3.8, 4) is 0 Å². The van der Waals surface area contributed by atoms with Gasteiger partial charge in [-0.05, 0) is 55.2 Å². The Morgan fingerprint density at radius 2 is 1.93 bits per heavy atom. The summed E-state index contributed by atoms with van der Waals surface area (Å²) in [4.78, 5) is 16.4. The number of sulfonamides is 1. The number of carbonyl (C=O) groups is 1. The number of aromatic nitrogens is 1. The van der Waals surface area contributed by atoms with Crippen LogP contribution in [0.15, 0.2) is 41.4 Å². The van der Waals surface area contributed by atoms with Crippen LogP contribution in [0.25, 0.3) is 0 Å². The maximum atomic E-state index is 12.8. The Labute approximate surface area is 170 Å². The van der Waals surface area contributed by atoms with Crippen molar-refractivity contribution < 1.29 is 17.9 Å². The number of benzene rings is 1. The third-order valence-corrected chi connectivity index (χ3v) is 6.92. The maximum Gasteiger partial charge on any atom is 0.243 e. The van der Waals surface area contributed by atoms with Crippen molar-refractivity contribution in [2.24, 2.45) is 0 Å². The first-order valence-electron chi connectivity index (χ1n) is 9.20. The molecular formula is C20H23ClN2O4S. The molecule has 0 saturated carbocycles. The summed E-state index contributed by atoms with van der Waals surface area (Å²) >= 11 is 6.20. The fourth-order valence-corrected chi connectivity index (χ4v) is 4.78. The minimum atomic E-state index is -3.55. The standard InChI is InChI=1S/C20H23ClN2O4S/c1-15-5-8-19(22-12-15)20(24)14-27-13-16-11-17(6-7-18(16)21)28(25,26)23-9-3-2-4-10-23/h5-8,11-12H,2-4,9-10,13-14H2,1H3. The molecule has 1 aromatic carbocycles. The van der Waals surface area contributed by atoms with Crippen LogP contribution < -0.4 is 0 Å². The summed E-state index contributed by atoms with van der Waals surface area (Å²) in [6.45, 7) is 2.85. The molecule has 2 heterocycles. The average molecular weight is 423 g/mol. The molecule has 1 fully saturated rings. The van der Waals surface area contributed by atoms with E-state index in [-0.39, 0.29) is 23.9 Å². The summed E-state index contributed by atoms with van der Waals surface area (Å²) in [6.07, 6.45) is 4.42. The predicted molar refractivity (Wildman–Crippen MR) is 107 cm³/mol. The molecule has 2 aromatic rings. The van der Waals surface area contributed by atoms with E-state index in [1.54, 1.807) is 18.3 Å². The number of piperidine rings is 1. The van der Waals surface area contributed by atoms with Crippen molar-refractivity contribution in [3.05, 3.63) is 58.4 Å². The molecule has 150 valence electrons. The van der Waals surface area contributed by atoms with Gasteiger partial charge in [-0.1, -0.05) is 24.1 Å². The Balaban J connectivity index is 1.66. The molecule has 1 aromatic heterocycles. The molecule has 6 nitrogen and oxygen atoms in total. The topological polar surface area (TPSA) is 76.6 Å². The van der Waals surface area contributed by atoms with Crippen LogP contribution in [0.1, 0.15) is 40.9 Å². The normalized spacial score (nSPS) is 15.5. The summed E-state index contributed by atoms with van der Waals surface area (Å²) in [5.41, 5.74) is 1.83. The molecule has 0 radical (unpaired) electrons. The van der Waals surface area contributed by atoms with Crippen molar-refractivity contribution in [1.29, 1.82) is 0 Å². The zero-order chi connectivity index (χ0) is 20.1. The fraction of sp³-hybridized carbons (Fsp3) is 0.400. The highest BCUT2D eigenvalue weighted by molar-refractivity contribution is 7.89. The highest BCUT2D eigenvalue weighted by atomic mass is 35.5. The van der Waals surface area contributed by atoms with Crippen LogP contribution >= 0.6 is 11.6 Å². The van der Waals surface area contributed by atoms with Gasteiger partial charge in [0, 0.05) is 24.3 Å². The molecule has 0 bridgehead atoms. The van der Waals surface area contributed by atoms with Crippen LogP contribution in [0.5, 0.6) is 0 Å². The molecule has 0 unspecified atom stereocenters. The lowest BCUT2D eigenvalue weighted by Gasteiger charge is -2.26. The smallest absolute Gasteiger partial charge is 0.243 e. The number of pyridine rings is 1. The van der Waals surface area contributed by atoms with Gasteiger partial charge in [0.15, 0.2) is 0 Å². The molecule has 0 atom stereocenters. The Kier molecular flexibility index (Phi) is 6.82. The van der Waals surface area contributed by atoms with Crippen LogP contribution in [0, 0.1) is 6.92 Å². The molecule has 0 spiro atoms. The van der Waals surface area contributed by atoms with Crippen molar-refractivity contribution in [2.45, 2.75) is 37.7 Å². The van der Waals surface area contributed by atoms with E-state index in [0.717, 1.165) is 24.8 Å². The predicted octanol–water partition coefficient (Wildman–Crippen LogP) is 3.62. The first kappa shape index (κ1) is 20.9. The second-order valence-electron chi connectivity index (χ2n) is 6.85. The lowest BCUT2D eigenvalue weighted by atomic mass is 10.2. The van der Waals surface area contributed by atoms with Crippen LogP contribution in [0.3, 0.4) is 0 Å². The van der Waals surface area contributed by atoms with E-state index in [1.165, 1.54) is 16.4 Å². The molecule has 28 heavy (non-hydrogen) atoms. The number of Topliss-reactive ketones (excluding diaryl/α,β-unsaturated/α-hetero) is 1. The highest BCUT2D eigenvalue weighted by Gasteiger charge is 2.26. The second kappa shape index (κ2) is 9.13. The Morgan fingerprint density at radius 1 is 1.18 bits per heavy atom. The zero-order valence-corrected chi connectivity index (χ0v) is 17.3. The van der Waals surface area contributed by atoms with Gasteiger partial charge in [-0.3, -0.25) is 9.78 Å². The fourth-order valence-electron chi connectivity index (χ4n) is 3.04. The van der Waals surface area contributed by atoms with Gasteiger partial charge >= 0.3 is 0 Å². The van der Waals surface area contributed by atoms with Gasteiger partial charge in [0.25, 0.3) is 0 Å². The Hall–Kier alpha value is -1.80. The zero-order valence-electron chi connectivity index (χ0n) is 15.7. The molecule has 0 N–H and O–H groups in total. The summed E-state index contributed by atoms with van der Waals surface area (Å²) in [5, 5.41) is 0.401. The number of ketones is 1.